The predicted molar refractivity (Wildman–Crippen MR) is 79.6 cm³/mol. The van der Waals surface area contributed by atoms with Crippen molar-refractivity contribution in [3.05, 3.63) is 22.4 Å². The van der Waals surface area contributed by atoms with Gasteiger partial charge in [-0.25, -0.2) is 4.79 Å². The number of rotatable bonds is 4. The van der Waals surface area contributed by atoms with Gasteiger partial charge in [0.2, 0.25) is 0 Å². The van der Waals surface area contributed by atoms with Crippen LogP contribution in [0.2, 0.25) is 0 Å². The van der Waals surface area contributed by atoms with E-state index >= 15 is 0 Å². The molecule has 1 aromatic rings. The molecule has 18 heavy (non-hydrogen) atoms. The Morgan fingerprint density at radius 1 is 1.61 bits per heavy atom. The molecule has 0 bridgehead atoms. The second-order valence-corrected chi connectivity index (χ2v) is 6.81. The minimum Gasteiger partial charge on any atom is -0.338 e. The second kappa shape index (κ2) is 7.04. The molecule has 2 heterocycles. The maximum atomic E-state index is 11.8. The summed E-state index contributed by atoms with van der Waals surface area (Å²) >= 11 is 3.67. The van der Waals surface area contributed by atoms with Crippen molar-refractivity contribution >= 4 is 29.1 Å². The fourth-order valence-corrected chi connectivity index (χ4v) is 3.87. The fraction of sp³-hybridized carbons (Fsp3) is 0.615. The molecule has 3 nitrogen and oxygen atoms in total. The zero-order valence-electron chi connectivity index (χ0n) is 10.6. The van der Waals surface area contributed by atoms with Gasteiger partial charge in [0.15, 0.2) is 0 Å². The summed E-state index contributed by atoms with van der Waals surface area (Å²) in [4.78, 5) is 13.1. The molecule has 1 aliphatic heterocycles. The van der Waals surface area contributed by atoms with Gasteiger partial charge in [-0.15, -0.1) is 11.3 Å². The van der Waals surface area contributed by atoms with Crippen molar-refractivity contribution in [1.29, 1.82) is 0 Å². The summed E-state index contributed by atoms with van der Waals surface area (Å²) in [5.74, 6) is 2.67. The number of carbonyl (C=O) groups excluding carboxylic acids is 1. The van der Waals surface area contributed by atoms with Crippen LogP contribution < -0.4 is 10.6 Å². The summed E-state index contributed by atoms with van der Waals surface area (Å²) in [6.45, 7) is 2.84. The highest BCUT2D eigenvalue weighted by Gasteiger charge is 2.16. The molecule has 100 valence electrons. The average molecular weight is 284 g/mol. The Morgan fingerprint density at radius 3 is 3.17 bits per heavy atom. The Labute approximate surface area is 117 Å². The van der Waals surface area contributed by atoms with Gasteiger partial charge in [0, 0.05) is 29.1 Å². The van der Waals surface area contributed by atoms with E-state index in [0.29, 0.717) is 18.5 Å². The first-order chi connectivity index (χ1) is 8.75. The topological polar surface area (TPSA) is 41.1 Å². The van der Waals surface area contributed by atoms with E-state index in [0.717, 1.165) is 12.2 Å². The van der Waals surface area contributed by atoms with Crippen molar-refractivity contribution in [3.8, 4) is 0 Å². The van der Waals surface area contributed by atoms with Crippen LogP contribution in [-0.4, -0.2) is 30.1 Å². The first kappa shape index (κ1) is 13.7. The first-order valence-corrected chi connectivity index (χ1v) is 8.44. The first-order valence-electron chi connectivity index (χ1n) is 6.41. The Balaban J connectivity index is 1.68. The molecule has 1 aromatic heterocycles. The summed E-state index contributed by atoms with van der Waals surface area (Å²) in [5, 5.41) is 8.09. The summed E-state index contributed by atoms with van der Waals surface area (Å²) in [5.41, 5.74) is 0. The number of hydrogen-bond acceptors (Lipinski definition) is 3. The van der Waals surface area contributed by atoms with Crippen molar-refractivity contribution in [3.63, 3.8) is 0 Å². The highest BCUT2D eigenvalue weighted by Crippen LogP contribution is 2.19. The smallest absolute Gasteiger partial charge is 0.315 e. The van der Waals surface area contributed by atoms with Gasteiger partial charge < -0.3 is 10.6 Å². The van der Waals surface area contributed by atoms with E-state index < -0.39 is 0 Å². The molecule has 1 saturated heterocycles. The Bertz CT molecular complexity index is 361. The predicted octanol–water partition coefficient (Wildman–Crippen LogP) is 3.05. The second-order valence-electron chi connectivity index (χ2n) is 4.68. The third-order valence-corrected chi connectivity index (χ3v) is 5.41. The maximum absolute atomic E-state index is 11.8. The van der Waals surface area contributed by atoms with Gasteiger partial charge in [0.1, 0.15) is 0 Å². The van der Waals surface area contributed by atoms with Gasteiger partial charge in [0.05, 0.1) is 0 Å². The van der Waals surface area contributed by atoms with E-state index in [9.17, 15) is 4.79 Å². The third-order valence-electron chi connectivity index (χ3n) is 3.09. The molecule has 1 fully saturated rings. The number of nitrogens with one attached hydrogen (secondary N) is 2. The number of amides is 2. The molecule has 0 aromatic carbocycles. The van der Waals surface area contributed by atoms with Crippen LogP contribution in [0.25, 0.3) is 0 Å². The van der Waals surface area contributed by atoms with Gasteiger partial charge in [0.25, 0.3) is 0 Å². The Morgan fingerprint density at radius 2 is 2.50 bits per heavy atom. The quantitative estimate of drug-likeness (QED) is 0.892. The molecular formula is C13H20N2OS2. The van der Waals surface area contributed by atoms with Gasteiger partial charge in [-0.2, -0.15) is 11.8 Å². The van der Waals surface area contributed by atoms with E-state index in [1.54, 1.807) is 11.3 Å². The molecule has 5 heteroatoms. The molecule has 2 atom stereocenters. The van der Waals surface area contributed by atoms with Crippen LogP contribution in [0.5, 0.6) is 0 Å². The number of urea groups is 1. The van der Waals surface area contributed by atoms with Crippen LogP contribution in [0.1, 0.15) is 30.6 Å². The zero-order valence-corrected chi connectivity index (χ0v) is 12.3. The third kappa shape index (κ3) is 4.21. The molecular weight excluding hydrogens is 264 g/mol. The number of thioether (sulfide) groups is 1. The zero-order chi connectivity index (χ0) is 12.8. The van der Waals surface area contributed by atoms with Gasteiger partial charge >= 0.3 is 6.03 Å². The van der Waals surface area contributed by atoms with Crippen LogP contribution in [0.3, 0.4) is 0 Å². The van der Waals surface area contributed by atoms with Crippen LogP contribution in [0.4, 0.5) is 4.79 Å². The lowest BCUT2D eigenvalue weighted by atomic mass is 10.1. The van der Waals surface area contributed by atoms with Crippen LogP contribution >= 0.6 is 23.1 Å². The minimum absolute atomic E-state index is 0.0223. The number of hydrogen-bond donors (Lipinski definition) is 2. The monoisotopic (exact) mass is 284 g/mol. The van der Waals surface area contributed by atoms with Crippen LogP contribution in [-0.2, 0) is 0 Å². The molecule has 2 amide bonds. The number of carbonyl (C=O) groups is 1. The average Bonchev–Trinajstić information content (AvgIpc) is 2.91. The normalized spacial score (nSPS) is 21.3. The van der Waals surface area contributed by atoms with Crippen molar-refractivity contribution in [2.24, 2.45) is 0 Å². The highest BCUT2D eigenvalue weighted by atomic mass is 32.2. The summed E-state index contributed by atoms with van der Waals surface area (Å²) in [6, 6.07) is 4.49. The maximum Gasteiger partial charge on any atom is 0.315 e. The Hall–Kier alpha value is -0.680. The lowest BCUT2D eigenvalue weighted by Gasteiger charge is -2.23. The van der Waals surface area contributed by atoms with Gasteiger partial charge in [-0.1, -0.05) is 13.0 Å². The molecule has 0 radical (unpaired) electrons. The molecule has 2 N–H and O–H groups in total. The molecule has 0 aliphatic carbocycles. The Kier molecular flexibility index (Phi) is 5.38. The van der Waals surface area contributed by atoms with Crippen molar-refractivity contribution in [1.82, 2.24) is 10.6 Å². The summed E-state index contributed by atoms with van der Waals surface area (Å²) in [7, 11) is 0. The standard InChI is InChI=1S/C13H20N2OS2/c1-10(12-5-3-7-18-12)8-14-13(16)15-11-4-2-6-17-9-11/h3,5,7,10-11H,2,4,6,8-9H2,1H3,(H2,14,15,16)/t10-,11-/m1/s1. The lowest BCUT2D eigenvalue weighted by Crippen LogP contribution is -2.45. The van der Waals surface area contributed by atoms with E-state index in [1.807, 2.05) is 11.8 Å². The van der Waals surface area contributed by atoms with Crippen molar-refractivity contribution in [2.45, 2.75) is 31.7 Å². The summed E-state index contributed by atoms with van der Waals surface area (Å²) in [6.07, 6.45) is 2.32. The van der Waals surface area contributed by atoms with Gasteiger partial charge in [-0.05, 0) is 30.0 Å². The molecule has 0 spiro atoms. The lowest BCUT2D eigenvalue weighted by molar-refractivity contribution is 0.236. The molecule has 0 unspecified atom stereocenters. The van der Waals surface area contributed by atoms with E-state index in [-0.39, 0.29) is 6.03 Å². The van der Waals surface area contributed by atoms with Gasteiger partial charge in [-0.3, -0.25) is 0 Å². The fourth-order valence-electron chi connectivity index (χ4n) is 2.01. The molecule has 2 rings (SSSR count). The van der Waals surface area contributed by atoms with Crippen LogP contribution in [0, 0.1) is 0 Å². The van der Waals surface area contributed by atoms with Crippen molar-refractivity contribution in [2.75, 3.05) is 18.1 Å². The molecule has 0 saturated carbocycles. The van der Waals surface area contributed by atoms with E-state index in [4.69, 9.17) is 0 Å². The highest BCUT2D eigenvalue weighted by molar-refractivity contribution is 7.99. The largest absolute Gasteiger partial charge is 0.338 e. The number of thiophene rings is 1. The van der Waals surface area contributed by atoms with E-state index in [1.165, 1.54) is 17.1 Å². The minimum atomic E-state index is -0.0223. The summed E-state index contributed by atoms with van der Waals surface area (Å²) < 4.78 is 0. The molecule has 1 aliphatic rings. The van der Waals surface area contributed by atoms with Crippen molar-refractivity contribution < 1.29 is 4.79 Å². The van der Waals surface area contributed by atoms with E-state index in [2.05, 4.69) is 35.1 Å². The SMILES string of the molecule is C[C@H](CNC(=O)N[C@@H]1CCCSC1)c1cccs1. The van der Waals surface area contributed by atoms with Crippen LogP contribution in [0.15, 0.2) is 17.5 Å².